The van der Waals surface area contributed by atoms with Crippen molar-refractivity contribution in [3.8, 4) is 0 Å². The van der Waals surface area contributed by atoms with Crippen molar-refractivity contribution in [1.82, 2.24) is 4.98 Å². The zero-order chi connectivity index (χ0) is 13.3. The summed E-state index contributed by atoms with van der Waals surface area (Å²) >= 11 is 8.94. The average molecular weight is 331 g/mol. The second-order valence-corrected chi connectivity index (χ2v) is 5.13. The number of halogens is 3. The van der Waals surface area contributed by atoms with Crippen LogP contribution in [-0.4, -0.2) is 10.1 Å². The third kappa shape index (κ3) is 2.41. The zero-order valence-electron chi connectivity index (χ0n) is 9.49. The lowest BCUT2D eigenvalue weighted by Gasteiger charge is -2.15. The zero-order valence-corrected chi connectivity index (χ0v) is 11.8. The van der Waals surface area contributed by atoms with E-state index < -0.39 is 11.9 Å². The van der Waals surface area contributed by atoms with Gasteiger partial charge in [0, 0.05) is 28.0 Å². The van der Waals surface area contributed by atoms with Crippen molar-refractivity contribution < 1.29 is 9.50 Å². The summed E-state index contributed by atoms with van der Waals surface area (Å²) in [6, 6.07) is 4.87. The van der Waals surface area contributed by atoms with Crippen LogP contribution in [0.2, 0.25) is 5.02 Å². The van der Waals surface area contributed by atoms with Crippen molar-refractivity contribution in [3.05, 3.63) is 62.6 Å². The first kappa shape index (κ1) is 13.5. The molecule has 0 radical (unpaired) electrons. The van der Waals surface area contributed by atoms with Crippen LogP contribution in [0.5, 0.6) is 0 Å². The Labute approximate surface area is 118 Å². The van der Waals surface area contributed by atoms with Crippen molar-refractivity contribution >= 4 is 27.5 Å². The minimum Gasteiger partial charge on any atom is -0.383 e. The molecule has 0 amide bonds. The number of pyridine rings is 1. The van der Waals surface area contributed by atoms with Gasteiger partial charge in [-0.1, -0.05) is 17.7 Å². The molecule has 1 unspecified atom stereocenters. The molecule has 0 fully saturated rings. The van der Waals surface area contributed by atoms with Crippen molar-refractivity contribution in [2.75, 3.05) is 0 Å². The van der Waals surface area contributed by atoms with Crippen molar-refractivity contribution in [2.45, 2.75) is 13.0 Å². The predicted molar refractivity (Wildman–Crippen MR) is 72.1 cm³/mol. The molecule has 5 heteroatoms. The number of aliphatic hydroxyl groups is 1. The number of aromatic nitrogens is 1. The molecule has 1 aromatic carbocycles. The summed E-state index contributed by atoms with van der Waals surface area (Å²) in [6.07, 6.45) is 2.07. The second kappa shape index (κ2) is 5.34. The number of aryl methyl sites for hydroxylation is 1. The summed E-state index contributed by atoms with van der Waals surface area (Å²) in [6.45, 7) is 1.83. The van der Waals surface area contributed by atoms with Gasteiger partial charge in [-0.05, 0) is 40.5 Å². The molecule has 0 saturated heterocycles. The normalized spacial score (nSPS) is 12.5. The van der Waals surface area contributed by atoms with Crippen molar-refractivity contribution in [3.63, 3.8) is 0 Å². The summed E-state index contributed by atoms with van der Waals surface area (Å²) in [5.74, 6) is -0.623. The van der Waals surface area contributed by atoms with E-state index in [0.29, 0.717) is 10.0 Å². The van der Waals surface area contributed by atoms with Crippen LogP contribution in [0.15, 0.2) is 35.1 Å². The van der Waals surface area contributed by atoms with Gasteiger partial charge in [-0.15, -0.1) is 0 Å². The van der Waals surface area contributed by atoms with Gasteiger partial charge in [-0.2, -0.15) is 0 Å². The SMILES string of the molecule is Cc1ccncc1C(O)c1ccc(Br)c(Cl)c1F. The van der Waals surface area contributed by atoms with Gasteiger partial charge >= 0.3 is 0 Å². The van der Waals surface area contributed by atoms with E-state index in [1.807, 2.05) is 6.92 Å². The van der Waals surface area contributed by atoms with Gasteiger partial charge in [0.25, 0.3) is 0 Å². The van der Waals surface area contributed by atoms with E-state index in [0.717, 1.165) is 5.56 Å². The Balaban J connectivity index is 2.50. The molecule has 0 aliphatic carbocycles. The first-order chi connectivity index (χ1) is 8.52. The summed E-state index contributed by atoms with van der Waals surface area (Å²) in [4.78, 5) is 3.94. The van der Waals surface area contributed by atoms with E-state index in [-0.39, 0.29) is 10.6 Å². The fraction of sp³-hybridized carbons (Fsp3) is 0.154. The van der Waals surface area contributed by atoms with E-state index in [1.165, 1.54) is 12.3 Å². The Kier molecular flexibility index (Phi) is 4.00. The molecule has 1 atom stereocenters. The second-order valence-electron chi connectivity index (χ2n) is 3.90. The molecule has 1 heterocycles. The molecule has 0 bridgehead atoms. The number of rotatable bonds is 2. The lowest BCUT2D eigenvalue weighted by molar-refractivity contribution is 0.214. The van der Waals surface area contributed by atoms with E-state index in [9.17, 15) is 9.50 Å². The van der Waals surface area contributed by atoms with Crippen LogP contribution in [0.25, 0.3) is 0 Å². The molecule has 18 heavy (non-hydrogen) atoms. The van der Waals surface area contributed by atoms with Crippen LogP contribution < -0.4 is 0 Å². The topological polar surface area (TPSA) is 33.1 Å². The number of hydrogen-bond acceptors (Lipinski definition) is 2. The highest BCUT2D eigenvalue weighted by Crippen LogP contribution is 2.33. The van der Waals surface area contributed by atoms with Gasteiger partial charge < -0.3 is 5.11 Å². The first-order valence-corrected chi connectivity index (χ1v) is 6.41. The number of aliphatic hydroxyl groups excluding tert-OH is 1. The molecule has 0 spiro atoms. The van der Waals surface area contributed by atoms with Gasteiger partial charge in [0.05, 0.1) is 5.02 Å². The largest absolute Gasteiger partial charge is 0.383 e. The molecule has 1 aromatic heterocycles. The maximum Gasteiger partial charge on any atom is 0.149 e. The van der Waals surface area contributed by atoms with E-state index in [1.54, 1.807) is 18.3 Å². The summed E-state index contributed by atoms with van der Waals surface area (Å²) in [5, 5.41) is 10.2. The minimum absolute atomic E-state index is 0.0342. The molecule has 2 aromatic rings. The molecular formula is C13H10BrClFNO. The molecule has 2 rings (SSSR count). The van der Waals surface area contributed by atoms with Crippen LogP contribution >= 0.6 is 27.5 Å². The summed E-state index contributed by atoms with van der Waals surface area (Å²) in [7, 11) is 0. The van der Waals surface area contributed by atoms with Crippen LogP contribution in [-0.2, 0) is 0 Å². The third-order valence-electron chi connectivity index (χ3n) is 2.73. The lowest BCUT2D eigenvalue weighted by atomic mass is 9.99. The fourth-order valence-corrected chi connectivity index (χ4v) is 2.16. The molecule has 94 valence electrons. The number of nitrogens with zero attached hydrogens (tertiary/aromatic N) is 1. The summed E-state index contributed by atoms with van der Waals surface area (Å²) in [5.41, 5.74) is 1.55. The number of benzene rings is 1. The highest BCUT2D eigenvalue weighted by Gasteiger charge is 2.20. The smallest absolute Gasteiger partial charge is 0.149 e. The van der Waals surface area contributed by atoms with E-state index in [2.05, 4.69) is 20.9 Å². The van der Waals surface area contributed by atoms with Gasteiger partial charge in [-0.3, -0.25) is 4.98 Å². The standard InChI is InChI=1S/C13H10BrClFNO/c1-7-4-5-17-6-9(7)13(18)8-2-3-10(14)11(15)12(8)16/h2-6,13,18H,1H3. The lowest BCUT2D eigenvalue weighted by Crippen LogP contribution is -2.05. The maximum absolute atomic E-state index is 14.0. The molecule has 0 saturated carbocycles. The van der Waals surface area contributed by atoms with E-state index >= 15 is 0 Å². The minimum atomic E-state index is -1.08. The Bertz CT molecular complexity index is 591. The highest BCUT2D eigenvalue weighted by atomic mass is 79.9. The van der Waals surface area contributed by atoms with Crippen molar-refractivity contribution in [2.24, 2.45) is 0 Å². The Morgan fingerprint density at radius 3 is 2.72 bits per heavy atom. The molecule has 0 aliphatic heterocycles. The Morgan fingerprint density at radius 1 is 1.33 bits per heavy atom. The van der Waals surface area contributed by atoms with Crippen LogP contribution in [0, 0.1) is 12.7 Å². The Morgan fingerprint density at radius 2 is 2.06 bits per heavy atom. The van der Waals surface area contributed by atoms with Crippen molar-refractivity contribution in [1.29, 1.82) is 0 Å². The first-order valence-electron chi connectivity index (χ1n) is 5.24. The monoisotopic (exact) mass is 329 g/mol. The third-order valence-corrected chi connectivity index (χ3v) is 3.99. The number of hydrogen-bond donors (Lipinski definition) is 1. The van der Waals surface area contributed by atoms with Crippen LogP contribution in [0.1, 0.15) is 22.8 Å². The van der Waals surface area contributed by atoms with E-state index in [4.69, 9.17) is 11.6 Å². The molecule has 1 N–H and O–H groups in total. The quantitative estimate of drug-likeness (QED) is 0.844. The molecular weight excluding hydrogens is 321 g/mol. The van der Waals surface area contributed by atoms with Gasteiger partial charge in [0.15, 0.2) is 0 Å². The highest BCUT2D eigenvalue weighted by molar-refractivity contribution is 9.10. The van der Waals surface area contributed by atoms with Gasteiger partial charge in [-0.25, -0.2) is 4.39 Å². The molecule has 0 aliphatic rings. The fourth-order valence-electron chi connectivity index (χ4n) is 1.68. The Hall–Kier alpha value is -0.970. The van der Waals surface area contributed by atoms with Gasteiger partial charge in [0.1, 0.15) is 11.9 Å². The molecule has 2 nitrogen and oxygen atoms in total. The van der Waals surface area contributed by atoms with Crippen LogP contribution in [0.4, 0.5) is 4.39 Å². The average Bonchev–Trinajstić information content (AvgIpc) is 2.36. The van der Waals surface area contributed by atoms with Crippen LogP contribution in [0.3, 0.4) is 0 Å². The maximum atomic E-state index is 14.0. The predicted octanol–water partition coefficient (Wildman–Crippen LogP) is 4.03. The van der Waals surface area contributed by atoms with Gasteiger partial charge in [0.2, 0.25) is 0 Å². The summed E-state index contributed by atoms with van der Waals surface area (Å²) < 4.78 is 14.4.